The second kappa shape index (κ2) is 7.61. The molecule has 2 aliphatic rings. The van der Waals surface area contributed by atoms with Crippen molar-refractivity contribution in [2.24, 2.45) is 0 Å². The second-order valence-corrected chi connectivity index (χ2v) is 7.59. The Morgan fingerprint density at radius 3 is 2.36 bits per heavy atom. The fourth-order valence-electron chi connectivity index (χ4n) is 4.24. The number of piperidine rings is 1. The maximum absolute atomic E-state index is 4.00. The van der Waals surface area contributed by atoms with Gasteiger partial charge >= 0.3 is 0 Å². The van der Waals surface area contributed by atoms with Gasteiger partial charge in [-0.2, -0.15) is 0 Å². The molecule has 22 heavy (non-hydrogen) atoms. The molecule has 0 radical (unpaired) electrons. The van der Waals surface area contributed by atoms with Crippen molar-refractivity contribution in [3.63, 3.8) is 0 Å². The molecule has 122 valence electrons. The van der Waals surface area contributed by atoms with Crippen molar-refractivity contribution in [1.29, 1.82) is 0 Å². The number of benzene rings is 1. The molecule has 0 spiro atoms. The van der Waals surface area contributed by atoms with Crippen LogP contribution in [0.2, 0.25) is 0 Å². The van der Waals surface area contributed by atoms with Gasteiger partial charge in [0, 0.05) is 31.2 Å². The van der Waals surface area contributed by atoms with E-state index in [1.54, 1.807) is 0 Å². The summed E-state index contributed by atoms with van der Waals surface area (Å²) in [6, 6.07) is 13.2. The lowest BCUT2D eigenvalue weighted by atomic mass is 9.86. The molecule has 2 atom stereocenters. The zero-order valence-corrected chi connectivity index (χ0v) is 14.3. The van der Waals surface area contributed by atoms with E-state index in [0.29, 0.717) is 18.0 Å². The van der Waals surface area contributed by atoms with Crippen LogP contribution in [0.3, 0.4) is 0 Å². The smallest absolute Gasteiger partial charge is 0.0204 e. The first-order valence-corrected chi connectivity index (χ1v) is 9.27. The van der Waals surface area contributed by atoms with E-state index >= 15 is 0 Å². The SMILES string of the molecule is CC(C)N1CC(NC2CCCCC2)CC(c2ccccc2)C1. The van der Waals surface area contributed by atoms with Gasteiger partial charge in [0.1, 0.15) is 0 Å². The highest BCUT2D eigenvalue weighted by Crippen LogP contribution is 2.29. The van der Waals surface area contributed by atoms with Crippen LogP contribution in [0.25, 0.3) is 0 Å². The minimum atomic E-state index is 0.641. The van der Waals surface area contributed by atoms with E-state index in [9.17, 15) is 0 Å². The molecular formula is C20H32N2. The zero-order valence-electron chi connectivity index (χ0n) is 14.3. The van der Waals surface area contributed by atoms with Gasteiger partial charge in [-0.05, 0) is 44.6 Å². The van der Waals surface area contributed by atoms with E-state index in [4.69, 9.17) is 0 Å². The van der Waals surface area contributed by atoms with Crippen molar-refractivity contribution in [3.8, 4) is 0 Å². The summed E-state index contributed by atoms with van der Waals surface area (Å²) in [6.45, 7) is 7.11. The summed E-state index contributed by atoms with van der Waals surface area (Å²) in [5.74, 6) is 0.679. The van der Waals surface area contributed by atoms with Crippen LogP contribution in [0.1, 0.15) is 63.9 Å². The molecule has 1 heterocycles. The molecule has 2 heteroatoms. The summed E-state index contributed by atoms with van der Waals surface area (Å²) < 4.78 is 0. The lowest BCUT2D eigenvalue weighted by Crippen LogP contribution is -2.53. The Kier molecular flexibility index (Phi) is 5.54. The van der Waals surface area contributed by atoms with Gasteiger partial charge in [-0.1, -0.05) is 49.6 Å². The molecule has 1 aromatic rings. The van der Waals surface area contributed by atoms with E-state index in [0.717, 1.165) is 6.04 Å². The second-order valence-electron chi connectivity index (χ2n) is 7.59. The highest BCUT2D eigenvalue weighted by Gasteiger charge is 2.30. The first-order valence-electron chi connectivity index (χ1n) is 9.27. The van der Waals surface area contributed by atoms with Crippen LogP contribution in [0.5, 0.6) is 0 Å². The van der Waals surface area contributed by atoms with Gasteiger partial charge in [0.2, 0.25) is 0 Å². The fraction of sp³-hybridized carbons (Fsp3) is 0.700. The number of hydrogen-bond donors (Lipinski definition) is 1. The van der Waals surface area contributed by atoms with E-state index in [1.165, 1.54) is 57.2 Å². The van der Waals surface area contributed by atoms with Crippen LogP contribution >= 0.6 is 0 Å². The summed E-state index contributed by atoms with van der Waals surface area (Å²) in [6.07, 6.45) is 8.33. The summed E-state index contributed by atoms with van der Waals surface area (Å²) in [7, 11) is 0. The van der Waals surface area contributed by atoms with Gasteiger partial charge in [0.15, 0.2) is 0 Å². The van der Waals surface area contributed by atoms with Crippen molar-refractivity contribution in [2.45, 2.75) is 76.4 Å². The molecule has 2 nitrogen and oxygen atoms in total. The average molecular weight is 300 g/mol. The van der Waals surface area contributed by atoms with Crippen molar-refractivity contribution < 1.29 is 0 Å². The quantitative estimate of drug-likeness (QED) is 0.897. The molecular weight excluding hydrogens is 268 g/mol. The largest absolute Gasteiger partial charge is 0.310 e. The number of nitrogens with zero attached hydrogens (tertiary/aromatic N) is 1. The van der Waals surface area contributed by atoms with Crippen LogP contribution in [-0.2, 0) is 0 Å². The van der Waals surface area contributed by atoms with Crippen LogP contribution < -0.4 is 5.32 Å². The first kappa shape index (κ1) is 16.0. The highest BCUT2D eigenvalue weighted by atomic mass is 15.2. The molecule has 3 rings (SSSR count). The van der Waals surface area contributed by atoms with Gasteiger partial charge in [0.25, 0.3) is 0 Å². The van der Waals surface area contributed by atoms with Gasteiger partial charge < -0.3 is 5.32 Å². The Morgan fingerprint density at radius 1 is 0.955 bits per heavy atom. The molecule has 2 unspecified atom stereocenters. The van der Waals surface area contributed by atoms with Gasteiger partial charge in [0.05, 0.1) is 0 Å². The fourth-order valence-corrected chi connectivity index (χ4v) is 4.24. The van der Waals surface area contributed by atoms with Crippen molar-refractivity contribution >= 4 is 0 Å². The zero-order chi connectivity index (χ0) is 15.4. The Bertz CT molecular complexity index is 436. The normalized spacial score (nSPS) is 28.1. The molecule has 1 saturated carbocycles. The molecule has 0 bridgehead atoms. The maximum atomic E-state index is 4.00. The standard InChI is InChI=1S/C20H32N2/c1-16(2)22-14-18(17-9-5-3-6-10-17)13-20(15-22)21-19-11-7-4-8-12-19/h3,5-6,9-10,16,18-21H,4,7-8,11-15H2,1-2H3. The average Bonchev–Trinajstić information content (AvgIpc) is 2.56. The van der Waals surface area contributed by atoms with E-state index < -0.39 is 0 Å². The first-order chi connectivity index (χ1) is 10.7. The molecule has 1 aliphatic heterocycles. The summed E-state index contributed by atoms with van der Waals surface area (Å²) in [4.78, 5) is 2.67. The number of hydrogen-bond acceptors (Lipinski definition) is 2. The summed E-state index contributed by atoms with van der Waals surface area (Å²) in [5, 5.41) is 4.00. The van der Waals surface area contributed by atoms with Crippen molar-refractivity contribution in [2.75, 3.05) is 13.1 Å². The van der Waals surface area contributed by atoms with E-state index in [1.807, 2.05) is 0 Å². The molecule has 1 saturated heterocycles. The predicted octanol–water partition coefficient (Wildman–Crippen LogP) is 4.18. The molecule has 1 N–H and O–H groups in total. The Morgan fingerprint density at radius 2 is 1.68 bits per heavy atom. The Balaban J connectivity index is 1.67. The highest BCUT2D eigenvalue weighted by molar-refractivity contribution is 5.21. The van der Waals surface area contributed by atoms with Crippen LogP contribution in [0.4, 0.5) is 0 Å². The maximum Gasteiger partial charge on any atom is 0.0204 e. The Hall–Kier alpha value is -0.860. The molecule has 0 amide bonds. The summed E-state index contributed by atoms with van der Waals surface area (Å²) in [5.41, 5.74) is 1.52. The molecule has 2 fully saturated rings. The third-order valence-electron chi connectivity index (χ3n) is 5.56. The number of likely N-dealkylation sites (tertiary alicyclic amines) is 1. The third kappa shape index (κ3) is 4.11. The van der Waals surface area contributed by atoms with Crippen LogP contribution in [-0.4, -0.2) is 36.1 Å². The lowest BCUT2D eigenvalue weighted by Gasteiger charge is -2.42. The van der Waals surface area contributed by atoms with Crippen LogP contribution in [0.15, 0.2) is 30.3 Å². The van der Waals surface area contributed by atoms with Gasteiger partial charge in [-0.15, -0.1) is 0 Å². The van der Waals surface area contributed by atoms with Gasteiger partial charge in [-0.25, -0.2) is 0 Å². The van der Waals surface area contributed by atoms with E-state index in [-0.39, 0.29) is 0 Å². The molecule has 0 aromatic heterocycles. The molecule has 1 aliphatic carbocycles. The minimum absolute atomic E-state index is 0.641. The number of nitrogens with one attached hydrogen (secondary N) is 1. The van der Waals surface area contributed by atoms with E-state index in [2.05, 4.69) is 54.4 Å². The Labute approximate surface area is 136 Å². The third-order valence-corrected chi connectivity index (χ3v) is 5.56. The monoisotopic (exact) mass is 300 g/mol. The van der Waals surface area contributed by atoms with Crippen molar-refractivity contribution in [3.05, 3.63) is 35.9 Å². The molecule has 1 aromatic carbocycles. The minimum Gasteiger partial charge on any atom is -0.310 e. The predicted molar refractivity (Wildman–Crippen MR) is 94.3 cm³/mol. The summed E-state index contributed by atoms with van der Waals surface area (Å²) >= 11 is 0. The number of rotatable bonds is 4. The topological polar surface area (TPSA) is 15.3 Å². The van der Waals surface area contributed by atoms with Crippen molar-refractivity contribution in [1.82, 2.24) is 10.2 Å². The lowest BCUT2D eigenvalue weighted by molar-refractivity contribution is 0.128. The van der Waals surface area contributed by atoms with Gasteiger partial charge in [-0.3, -0.25) is 4.90 Å². The van der Waals surface area contributed by atoms with Crippen LogP contribution in [0, 0.1) is 0 Å².